The van der Waals surface area contributed by atoms with Gasteiger partial charge < -0.3 is 15.3 Å². The third-order valence-corrected chi connectivity index (χ3v) is 6.20. The number of hydrogen-bond acceptors (Lipinski definition) is 3. The number of anilines is 1. The zero-order chi connectivity index (χ0) is 23.9. The van der Waals surface area contributed by atoms with E-state index >= 15 is 0 Å². The molecule has 0 aromatic heterocycles. The van der Waals surface area contributed by atoms with Gasteiger partial charge in [0.15, 0.2) is 0 Å². The fourth-order valence-corrected chi connectivity index (χ4v) is 4.52. The highest BCUT2D eigenvalue weighted by molar-refractivity contribution is 6.07. The van der Waals surface area contributed by atoms with Crippen molar-refractivity contribution in [1.82, 2.24) is 5.32 Å². The van der Waals surface area contributed by atoms with Crippen LogP contribution in [0.15, 0.2) is 42.5 Å². The number of rotatable bonds is 5. The van der Waals surface area contributed by atoms with Gasteiger partial charge in [0, 0.05) is 29.6 Å². The number of carboxylic acids is 1. The van der Waals surface area contributed by atoms with Crippen molar-refractivity contribution in [3.63, 3.8) is 0 Å². The molecule has 10 heteroatoms. The highest BCUT2D eigenvalue weighted by Crippen LogP contribution is 2.50. The molecule has 1 heterocycles. The maximum absolute atomic E-state index is 13.7. The Morgan fingerprint density at radius 3 is 2.42 bits per heavy atom. The number of benzene rings is 2. The van der Waals surface area contributed by atoms with Crippen LogP contribution in [-0.4, -0.2) is 28.9 Å². The van der Waals surface area contributed by atoms with E-state index in [1.165, 1.54) is 4.90 Å². The number of fused-ring (bicyclic) bond motifs is 2. The average Bonchev–Trinajstić information content (AvgIpc) is 2.73. The van der Waals surface area contributed by atoms with E-state index in [0.717, 1.165) is 6.07 Å². The summed E-state index contributed by atoms with van der Waals surface area (Å²) in [5.74, 6) is -3.84. The molecule has 3 unspecified atom stereocenters. The minimum atomic E-state index is -4.94. The molecule has 2 amide bonds. The SMILES string of the molecule is O=C(O)CCC(=O)NC1c2ccccc2N(C(=O)c2ccc(F)c(C(F)(F)F)c2)C2CCC12. The van der Waals surface area contributed by atoms with Gasteiger partial charge in [-0.25, -0.2) is 4.39 Å². The maximum Gasteiger partial charge on any atom is 0.419 e. The molecule has 0 saturated heterocycles. The summed E-state index contributed by atoms with van der Waals surface area (Å²) in [7, 11) is 0. The van der Waals surface area contributed by atoms with E-state index in [2.05, 4.69) is 5.32 Å². The smallest absolute Gasteiger partial charge is 0.419 e. The number of carboxylic acid groups (broad SMARTS) is 1. The maximum atomic E-state index is 13.7. The van der Waals surface area contributed by atoms with Gasteiger partial charge in [0.05, 0.1) is 18.0 Å². The van der Waals surface area contributed by atoms with E-state index in [0.29, 0.717) is 36.2 Å². The third kappa shape index (κ3) is 4.29. The molecule has 3 atom stereocenters. The number of nitrogens with one attached hydrogen (secondary N) is 1. The Labute approximate surface area is 186 Å². The van der Waals surface area contributed by atoms with Gasteiger partial charge in [-0.05, 0) is 42.7 Å². The molecule has 1 fully saturated rings. The van der Waals surface area contributed by atoms with Crippen molar-refractivity contribution in [3.05, 3.63) is 65.0 Å². The quantitative estimate of drug-likeness (QED) is 0.646. The van der Waals surface area contributed by atoms with Crippen LogP contribution in [0.3, 0.4) is 0 Å². The van der Waals surface area contributed by atoms with Gasteiger partial charge in [0.1, 0.15) is 5.82 Å². The number of amides is 2. The van der Waals surface area contributed by atoms with Crippen molar-refractivity contribution in [1.29, 1.82) is 0 Å². The Morgan fingerprint density at radius 2 is 1.79 bits per heavy atom. The van der Waals surface area contributed by atoms with Crippen LogP contribution in [0.5, 0.6) is 0 Å². The van der Waals surface area contributed by atoms with Crippen molar-refractivity contribution in [2.75, 3.05) is 4.90 Å². The minimum Gasteiger partial charge on any atom is -0.481 e. The normalized spacial score (nSPS) is 21.5. The predicted octanol–water partition coefficient (Wildman–Crippen LogP) is 4.31. The first-order chi connectivity index (χ1) is 15.6. The standard InChI is InChI=1S/C23H20F4N2O4/c24-16-7-5-12(11-15(16)23(25,26)27)22(33)29-17-4-2-1-3-13(17)21(14-6-8-18(14)29)28-19(30)9-10-20(31)32/h1-5,7,11,14,18,21H,6,8-10H2,(H,28,30)(H,31,32). The molecule has 1 aliphatic heterocycles. The Bertz CT molecular complexity index is 1120. The van der Waals surface area contributed by atoms with Crippen molar-refractivity contribution >= 4 is 23.5 Å². The van der Waals surface area contributed by atoms with E-state index in [1.807, 2.05) is 0 Å². The fraction of sp³-hybridized carbons (Fsp3) is 0.348. The van der Waals surface area contributed by atoms with Gasteiger partial charge in [-0.15, -0.1) is 0 Å². The van der Waals surface area contributed by atoms with Crippen LogP contribution in [-0.2, 0) is 15.8 Å². The number of para-hydroxylation sites is 1. The number of nitrogens with zero attached hydrogens (tertiary/aromatic N) is 1. The van der Waals surface area contributed by atoms with Crippen molar-refractivity contribution < 1.29 is 37.1 Å². The Morgan fingerprint density at radius 1 is 1.06 bits per heavy atom. The summed E-state index contributed by atoms with van der Waals surface area (Å²) in [6, 6.07) is 8.13. The lowest BCUT2D eigenvalue weighted by molar-refractivity contribution is -0.140. The van der Waals surface area contributed by atoms with Gasteiger partial charge in [-0.1, -0.05) is 18.2 Å². The Kier molecular flexibility index (Phi) is 5.85. The largest absolute Gasteiger partial charge is 0.481 e. The summed E-state index contributed by atoms with van der Waals surface area (Å²) in [5.41, 5.74) is -0.723. The zero-order valence-corrected chi connectivity index (χ0v) is 17.2. The molecule has 4 rings (SSSR count). The number of carbonyl (C=O) groups excluding carboxylic acids is 2. The molecular weight excluding hydrogens is 444 g/mol. The molecule has 174 valence electrons. The average molecular weight is 464 g/mol. The molecule has 1 saturated carbocycles. The first kappa shape index (κ1) is 22.8. The van der Waals surface area contributed by atoms with E-state index in [1.54, 1.807) is 24.3 Å². The number of aliphatic carboxylic acids is 1. The molecule has 2 N–H and O–H groups in total. The van der Waals surface area contributed by atoms with Crippen LogP contribution in [0.25, 0.3) is 0 Å². The van der Waals surface area contributed by atoms with Gasteiger partial charge in [0.2, 0.25) is 5.91 Å². The minimum absolute atomic E-state index is 0.180. The summed E-state index contributed by atoms with van der Waals surface area (Å²) in [6.07, 6.45) is -4.19. The van der Waals surface area contributed by atoms with Crippen LogP contribution < -0.4 is 10.2 Å². The molecule has 2 aromatic rings. The van der Waals surface area contributed by atoms with Crippen LogP contribution in [0.2, 0.25) is 0 Å². The van der Waals surface area contributed by atoms with Crippen LogP contribution >= 0.6 is 0 Å². The first-order valence-electron chi connectivity index (χ1n) is 10.4. The third-order valence-electron chi connectivity index (χ3n) is 6.20. The van der Waals surface area contributed by atoms with E-state index in [-0.39, 0.29) is 30.4 Å². The van der Waals surface area contributed by atoms with Crippen LogP contribution in [0.1, 0.15) is 53.2 Å². The fourth-order valence-electron chi connectivity index (χ4n) is 4.52. The molecule has 33 heavy (non-hydrogen) atoms. The number of alkyl halides is 3. The summed E-state index contributed by atoms with van der Waals surface area (Å²) in [4.78, 5) is 37.8. The van der Waals surface area contributed by atoms with Crippen molar-refractivity contribution in [2.45, 2.75) is 43.9 Å². The molecule has 0 spiro atoms. The van der Waals surface area contributed by atoms with Gasteiger partial charge in [-0.2, -0.15) is 13.2 Å². The number of halogens is 4. The number of carbonyl (C=O) groups is 3. The molecular formula is C23H20F4N2O4. The Hall–Kier alpha value is -3.43. The van der Waals surface area contributed by atoms with Crippen molar-refractivity contribution in [3.8, 4) is 0 Å². The summed E-state index contributed by atoms with van der Waals surface area (Å²) >= 11 is 0. The second-order valence-electron chi connectivity index (χ2n) is 8.17. The van der Waals surface area contributed by atoms with E-state index < -0.39 is 41.4 Å². The van der Waals surface area contributed by atoms with Gasteiger partial charge >= 0.3 is 12.1 Å². The van der Waals surface area contributed by atoms with Crippen molar-refractivity contribution in [2.24, 2.45) is 5.92 Å². The summed E-state index contributed by atoms with van der Waals surface area (Å²) in [6.45, 7) is 0. The highest BCUT2D eigenvalue weighted by Gasteiger charge is 2.49. The van der Waals surface area contributed by atoms with Crippen LogP contribution in [0, 0.1) is 11.7 Å². The molecule has 6 nitrogen and oxygen atoms in total. The lowest BCUT2D eigenvalue weighted by Crippen LogP contribution is -2.58. The van der Waals surface area contributed by atoms with Gasteiger partial charge in [-0.3, -0.25) is 14.4 Å². The topological polar surface area (TPSA) is 86.7 Å². The Balaban J connectivity index is 1.67. The molecule has 0 radical (unpaired) electrons. The number of hydrogen-bond donors (Lipinski definition) is 2. The second kappa shape index (κ2) is 8.49. The van der Waals surface area contributed by atoms with Crippen LogP contribution in [0.4, 0.5) is 23.2 Å². The van der Waals surface area contributed by atoms with E-state index in [4.69, 9.17) is 5.11 Å². The first-order valence-corrected chi connectivity index (χ1v) is 10.4. The second-order valence-corrected chi connectivity index (χ2v) is 8.17. The highest BCUT2D eigenvalue weighted by atomic mass is 19.4. The van der Waals surface area contributed by atoms with Gasteiger partial charge in [0.25, 0.3) is 5.91 Å². The molecule has 0 bridgehead atoms. The lowest BCUT2D eigenvalue weighted by Gasteiger charge is -2.52. The van der Waals surface area contributed by atoms with E-state index in [9.17, 15) is 31.9 Å². The summed E-state index contributed by atoms with van der Waals surface area (Å²) < 4.78 is 53.2. The summed E-state index contributed by atoms with van der Waals surface area (Å²) in [5, 5.41) is 11.7. The predicted molar refractivity (Wildman–Crippen MR) is 109 cm³/mol. The lowest BCUT2D eigenvalue weighted by atomic mass is 9.68. The molecule has 2 aromatic carbocycles. The monoisotopic (exact) mass is 464 g/mol. The molecule has 1 aliphatic carbocycles. The zero-order valence-electron chi connectivity index (χ0n) is 17.2. The molecule has 2 aliphatic rings.